The highest BCUT2D eigenvalue weighted by atomic mass is 79.9. The summed E-state index contributed by atoms with van der Waals surface area (Å²) in [4.78, 5) is 4.61. The van der Waals surface area contributed by atoms with Crippen LogP contribution in [0.15, 0.2) is 27.8 Å². The van der Waals surface area contributed by atoms with E-state index in [9.17, 15) is 0 Å². The number of nitrogens with zero attached hydrogens (tertiary/aromatic N) is 3. The lowest BCUT2D eigenvalue weighted by atomic mass is 10.1. The molecular weight excluding hydrogens is 308 g/mol. The van der Waals surface area contributed by atoms with Gasteiger partial charge in [0.1, 0.15) is 0 Å². The zero-order chi connectivity index (χ0) is 13.8. The van der Waals surface area contributed by atoms with Crippen LogP contribution in [0.4, 0.5) is 5.69 Å². The molecule has 19 heavy (non-hydrogen) atoms. The van der Waals surface area contributed by atoms with E-state index in [2.05, 4.69) is 37.9 Å². The molecule has 1 heterocycles. The quantitative estimate of drug-likeness (QED) is 0.375. The minimum atomic E-state index is 0.139. The predicted octanol–water partition coefficient (Wildman–Crippen LogP) is 1.69. The Hall–Kier alpha value is -1.27. The van der Waals surface area contributed by atoms with Gasteiger partial charge in [0.2, 0.25) is 0 Å². The third-order valence-electron chi connectivity index (χ3n) is 3.42. The summed E-state index contributed by atoms with van der Waals surface area (Å²) in [5.41, 5.74) is 7.57. The van der Waals surface area contributed by atoms with E-state index in [0.717, 1.165) is 48.3 Å². The van der Waals surface area contributed by atoms with Gasteiger partial charge >= 0.3 is 0 Å². The van der Waals surface area contributed by atoms with Gasteiger partial charge in [0.05, 0.1) is 5.56 Å². The molecule has 0 aromatic heterocycles. The highest BCUT2D eigenvalue weighted by Crippen LogP contribution is 2.28. The smallest absolute Gasteiger partial charge is 0.173 e. The highest BCUT2D eigenvalue weighted by molar-refractivity contribution is 9.10. The Morgan fingerprint density at radius 3 is 2.84 bits per heavy atom. The van der Waals surface area contributed by atoms with E-state index in [1.807, 2.05) is 18.2 Å². The molecule has 0 bridgehead atoms. The second kappa shape index (κ2) is 6.25. The second-order valence-corrected chi connectivity index (χ2v) is 5.62. The van der Waals surface area contributed by atoms with E-state index in [1.54, 1.807) is 0 Å². The van der Waals surface area contributed by atoms with Crippen LogP contribution in [-0.4, -0.2) is 49.2 Å². The van der Waals surface area contributed by atoms with Crippen molar-refractivity contribution in [2.45, 2.75) is 6.42 Å². The average molecular weight is 327 g/mol. The van der Waals surface area contributed by atoms with Crippen LogP contribution in [0, 0.1) is 0 Å². The monoisotopic (exact) mass is 326 g/mol. The summed E-state index contributed by atoms with van der Waals surface area (Å²) in [6, 6.07) is 5.90. The zero-order valence-electron chi connectivity index (χ0n) is 11.0. The number of anilines is 1. The number of halogens is 1. The summed E-state index contributed by atoms with van der Waals surface area (Å²) in [5.74, 6) is 0.139. The molecule has 0 aliphatic carbocycles. The SMILES string of the molecule is CN1CCCN(c2cccc(Br)c2/C(N)=N/O)CC1. The largest absolute Gasteiger partial charge is 0.409 e. The number of amidine groups is 1. The molecule has 2 rings (SSSR count). The van der Waals surface area contributed by atoms with Gasteiger partial charge in [0.15, 0.2) is 5.84 Å². The molecule has 1 aromatic carbocycles. The molecule has 5 nitrogen and oxygen atoms in total. The number of likely N-dealkylation sites (N-methyl/N-ethyl adjacent to an activating group) is 1. The Bertz CT molecular complexity index is 478. The molecular formula is C13H19BrN4O. The number of hydrogen-bond donors (Lipinski definition) is 2. The van der Waals surface area contributed by atoms with Gasteiger partial charge in [-0.2, -0.15) is 0 Å². The van der Waals surface area contributed by atoms with Crippen LogP contribution in [-0.2, 0) is 0 Å². The van der Waals surface area contributed by atoms with E-state index >= 15 is 0 Å². The standard InChI is InChI=1S/C13H19BrN4O/c1-17-6-3-7-18(9-8-17)11-5-2-4-10(14)12(11)13(15)16-19/h2,4-5,19H,3,6-9H2,1H3,(H2,15,16). The number of rotatable bonds is 2. The zero-order valence-corrected chi connectivity index (χ0v) is 12.6. The Morgan fingerprint density at radius 1 is 1.32 bits per heavy atom. The van der Waals surface area contributed by atoms with E-state index in [1.165, 1.54) is 0 Å². The first kappa shape index (κ1) is 14.1. The van der Waals surface area contributed by atoms with Gasteiger partial charge in [-0.05, 0) is 48.1 Å². The molecule has 0 radical (unpaired) electrons. The van der Waals surface area contributed by atoms with Crippen molar-refractivity contribution < 1.29 is 5.21 Å². The van der Waals surface area contributed by atoms with Crippen molar-refractivity contribution in [1.29, 1.82) is 0 Å². The average Bonchev–Trinajstić information content (AvgIpc) is 2.62. The van der Waals surface area contributed by atoms with Crippen molar-refractivity contribution in [3.05, 3.63) is 28.2 Å². The first-order valence-electron chi connectivity index (χ1n) is 6.33. The van der Waals surface area contributed by atoms with Crippen molar-refractivity contribution in [3.8, 4) is 0 Å². The Labute approximate surface area is 121 Å². The Balaban J connectivity index is 2.36. The molecule has 104 valence electrons. The van der Waals surface area contributed by atoms with E-state index in [-0.39, 0.29) is 5.84 Å². The van der Waals surface area contributed by atoms with Crippen LogP contribution in [0.2, 0.25) is 0 Å². The Kier molecular flexibility index (Phi) is 4.66. The number of benzene rings is 1. The number of oxime groups is 1. The first-order chi connectivity index (χ1) is 9.13. The van der Waals surface area contributed by atoms with E-state index in [4.69, 9.17) is 10.9 Å². The minimum Gasteiger partial charge on any atom is -0.409 e. The molecule has 1 saturated heterocycles. The van der Waals surface area contributed by atoms with Gasteiger partial charge in [0, 0.05) is 29.8 Å². The lowest BCUT2D eigenvalue weighted by Gasteiger charge is -2.25. The summed E-state index contributed by atoms with van der Waals surface area (Å²) in [7, 11) is 2.13. The molecule has 0 unspecified atom stereocenters. The van der Waals surface area contributed by atoms with Crippen LogP contribution >= 0.6 is 15.9 Å². The van der Waals surface area contributed by atoms with Gasteiger partial charge in [-0.25, -0.2) is 0 Å². The molecule has 3 N–H and O–H groups in total. The van der Waals surface area contributed by atoms with E-state index in [0.29, 0.717) is 0 Å². The third-order valence-corrected chi connectivity index (χ3v) is 4.08. The fourth-order valence-electron chi connectivity index (χ4n) is 2.37. The normalized spacial score (nSPS) is 18.4. The van der Waals surface area contributed by atoms with Crippen LogP contribution in [0.3, 0.4) is 0 Å². The van der Waals surface area contributed by atoms with E-state index < -0.39 is 0 Å². The van der Waals surface area contributed by atoms with Crippen LogP contribution in [0.5, 0.6) is 0 Å². The molecule has 0 amide bonds. The van der Waals surface area contributed by atoms with Gasteiger partial charge in [-0.1, -0.05) is 11.2 Å². The molecule has 1 aliphatic heterocycles. The molecule has 0 spiro atoms. The topological polar surface area (TPSA) is 65.1 Å². The number of hydrogen-bond acceptors (Lipinski definition) is 4. The van der Waals surface area contributed by atoms with Crippen molar-refractivity contribution in [2.24, 2.45) is 10.9 Å². The Morgan fingerprint density at radius 2 is 2.11 bits per heavy atom. The van der Waals surface area contributed by atoms with Crippen LogP contribution in [0.25, 0.3) is 0 Å². The van der Waals surface area contributed by atoms with Crippen LogP contribution in [0.1, 0.15) is 12.0 Å². The van der Waals surface area contributed by atoms with Crippen molar-refractivity contribution >= 4 is 27.5 Å². The maximum Gasteiger partial charge on any atom is 0.173 e. The van der Waals surface area contributed by atoms with Gasteiger partial charge in [-0.3, -0.25) is 0 Å². The molecule has 1 aromatic rings. The minimum absolute atomic E-state index is 0.139. The number of nitrogens with two attached hydrogens (primary N) is 1. The fraction of sp³-hybridized carbons (Fsp3) is 0.462. The molecule has 1 aliphatic rings. The summed E-state index contributed by atoms with van der Waals surface area (Å²) >= 11 is 3.48. The summed E-state index contributed by atoms with van der Waals surface area (Å²) in [6.45, 7) is 4.04. The second-order valence-electron chi connectivity index (χ2n) is 4.76. The van der Waals surface area contributed by atoms with Crippen LogP contribution < -0.4 is 10.6 Å². The maximum absolute atomic E-state index is 8.95. The van der Waals surface area contributed by atoms with Crippen molar-refractivity contribution in [3.63, 3.8) is 0 Å². The highest BCUT2D eigenvalue weighted by Gasteiger charge is 2.19. The van der Waals surface area contributed by atoms with Gasteiger partial charge in [0.25, 0.3) is 0 Å². The predicted molar refractivity (Wildman–Crippen MR) is 81.0 cm³/mol. The first-order valence-corrected chi connectivity index (χ1v) is 7.12. The van der Waals surface area contributed by atoms with Gasteiger partial charge < -0.3 is 20.7 Å². The lowest BCUT2D eigenvalue weighted by Crippen LogP contribution is -2.31. The fourth-order valence-corrected chi connectivity index (χ4v) is 2.93. The molecule has 1 fully saturated rings. The summed E-state index contributed by atoms with van der Waals surface area (Å²) < 4.78 is 0.845. The molecule has 6 heteroatoms. The third kappa shape index (κ3) is 3.19. The van der Waals surface area contributed by atoms with Gasteiger partial charge in [-0.15, -0.1) is 0 Å². The lowest BCUT2D eigenvalue weighted by molar-refractivity contribution is 0.318. The van der Waals surface area contributed by atoms with Crippen molar-refractivity contribution in [2.75, 3.05) is 38.1 Å². The summed E-state index contributed by atoms with van der Waals surface area (Å²) in [6.07, 6.45) is 1.11. The molecule has 0 saturated carbocycles. The summed E-state index contributed by atoms with van der Waals surface area (Å²) in [5, 5.41) is 12.1. The molecule has 0 atom stereocenters. The maximum atomic E-state index is 8.95. The van der Waals surface area contributed by atoms with Crippen molar-refractivity contribution in [1.82, 2.24) is 4.90 Å².